The third kappa shape index (κ3) is 5.36. The average Bonchev–Trinajstić information content (AvgIpc) is 2.86. The van der Waals surface area contributed by atoms with Crippen LogP contribution in [0.2, 0.25) is 0 Å². The number of rotatable bonds is 7. The van der Waals surface area contributed by atoms with E-state index in [0.29, 0.717) is 0 Å². The van der Waals surface area contributed by atoms with Gasteiger partial charge in [0.05, 0.1) is 6.04 Å². The van der Waals surface area contributed by atoms with Crippen molar-refractivity contribution in [2.45, 2.75) is 31.8 Å². The standard InChI is InChI=1S/C29H30N2O2/c32-28-21-33-27-18-26(17-25(29(27)30-28)16-22-10-4-1-5-11-22)31(19-23-12-6-2-7-13-23)20-24-14-8-3-9-15-24/h1-15,17-18,25,28-30,32H,16,19-21H2. The molecule has 2 N–H and O–H groups in total. The Morgan fingerprint density at radius 2 is 1.33 bits per heavy atom. The second-order valence-electron chi connectivity index (χ2n) is 8.79. The van der Waals surface area contributed by atoms with E-state index in [0.717, 1.165) is 31.0 Å². The van der Waals surface area contributed by atoms with Crippen molar-refractivity contribution >= 4 is 0 Å². The number of morpholine rings is 1. The molecule has 1 aliphatic heterocycles. The second-order valence-corrected chi connectivity index (χ2v) is 8.79. The molecular weight excluding hydrogens is 408 g/mol. The fourth-order valence-electron chi connectivity index (χ4n) is 4.68. The lowest BCUT2D eigenvalue weighted by molar-refractivity contribution is -0.0101. The zero-order valence-electron chi connectivity index (χ0n) is 18.7. The summed E-state index contributed by atoms with van der Waals surface area (Å²) < 4.78 is 6.02. The SMILES string of the molecule is OC1COC2=CC(N(Cc3ccccc3)Cc3ccccc3)=CC(Cc3ccccc3)C2N1. The smallest absolute Gasteiger partial charge is 0.139 e. The van der Waals surface area contributed by atoms with Crippen molar-refractivity contribution in [2.24, 2.45) is 5.92 Å². The summed E-state index contributed by atoms with van der Waals surface area (Å²) in [7, 11) is 0. The fourth-order valence-corrected chi connectivity index (χ4v) is 4.68. The van der Waals surface area contributed by atoms with Crippen LogP contribution in [0.15, 0.2) is 115 Å². The molecule has 1 heterocycles. The van der Waals surface area contributed by atoms with E-state index in [9.17, 15) is 5.11 Å². The molecule has 0 bridgehead atoms. The first-order valence-electron chi connectivity index (χ1n) is 11.6. The van der Waals surface area contributed by atoms with Crippen molar-refractivity contribution < 1.29 is 9.84 Å². The molecule has 168 valence electrons. The summed E-state index contributed by atoms with van der Waals surface area (Å²) in [6.07, 6.45) is 4.73. The van der Waals surface area contributed by atoms with E-state index >= 15 is 0 Å². The van der Waals surface area contributed by atoms with Crippen LogP contribution < -0.4 is 5.32 Å². The first kappa shape index (κ1) is 21.5. The van der Waals surface area contributed by atoms with Crippen LogP contribution in [0, 0.1) is 5.92 Å². The lowest BCUT2D eigenvalue weighted by Crippen LogP contribution is -2.52. The van der Waals surface area contributed by atoms with Crippen molar-refractivity contribution in [1.82, 2.24) is 10.2 Å². The number of allylic oxidation sites excluding steroid dienone is 1. The Bertz CT molecular complexity index is 1050. The van der Waals surface area contributed by atoms with Gasteiger partial charge in [-0.2, -0.15) is 0 Å². The number of nitrogens with one attached hydrogen (secondary N) is 1. The lowest BCUT2D eigenvalue weighted by atomic mass is 9.85. The number of fused-ring (bicyclic) bond motifs is 1. The molecular formula is C29H30N2O2. The Morgan fingerprint density at radius 1 is 0.788 bits per heavy atom. The number of hydrogen-bond donors (Lipinski definition) is 2. The summed E-state index contributed by atoms with van der Waals surface area (Å²) in [6.45, 7) is 1.89. The van der Waals surface area contributed by atoms with Gasteiger partial charge in [0.15, 0.2) is 0 Å². The number of nitrogens with zero attached hydrogens (tertiary/aromatic N) is 1. The number of hydrogen-bond acceptors (Lipinski definition) is 4. The molecule has 0 saturated carbocycles. The zero-order chi connectivity index (χ0) is 22.5. The summed E-state index contributed by atoms with van der Waals surface area (Å²) in [6, 6.07) is 31.7. The minimum absolute atomic E-state index is 0.0343. The van der Waals surface area contributed by atoms with Gasteiger partial charge >= 0.3 is 0 Å². The first-order valence-corrected chi connectivity index (χ1v) is 11.6. The van der Waals surface area contributed by atoms with Gasteiger partial charge in [0.25, 0.3) is 0 Å². The van der Waals surface area contributed by atoms with Crippen LogP contribution in [0.25, 0.3) is 0 Å². The highest BCUT2D eigenvalue weighted by molar-refractivity contribution is 5.34. The summed E-state index contributed by atoms with van der Waals surface area (Å²) in [4.78, 5) is 2.42. The second kappa shape index (κ2) is 10.1. The highest BCUT2D eigenvalue weighted by atomic mass is 16.5. The molecule has 4 nitrogen and oxygen atoms in total. The molecule has 0 radical (unpaired) electrons. The van der Waals surface area contributed by atoms with Crippen LogP contribution in [0.5, 0.6) is 0 Å². The summed E-state index contributed by atoms with van der Waals surface area (Å²) in [5.41, 5.74) is 4.98. The van der Waals surface area contributed by atoms with Crippen LogP contribution in [0.3, 0.4) is 0 Å². The Morgan fingerprint density at radius 3 is 1.91 bits per heavy atom. The van der Waals surface area contributed by atoms with E-state index in [-0.39, 0.29) is 18.6 Å². The Kier molecular flexibility index (Phi) is 6.56. The molecule has 0 amide bonds. The molecule has 1 aliphatic carbocycles. The van der Waals surface area contributed by atoms with Crippen LogP contribution >= 0.6 is 0 Å². The largest absolute Gasteiger partial charge is 0.492 e. The number of aliphatic hydroxyl groups excluding tert-OH is 1. The summed E-state index contributed by atoms with van der Waals surface area (Å²) >= 11 is 0. The zero-order valence-corrected chi connectivity index (χ0v) is 18.7. The molecule has 3 atom stereocenters. The molecule has 2 aliphatic rings. The van der Waals surface area contributed by atoms with Crippen molar-refractivity contribution in [3.63, 3.8) is 0 Å². The normalized spacial score (nSPS) is 21.9. The average molecular weight is 439 g/mol. The molecule has 1 fully saturated rings. The molecule has 0 aromatic heterocycles. The van der Waals surface area contributed by atoms with Gasteiger partial charge < -0.3 is 14.7 Å². The van der Waals surface area contributed by atoms with Gasteiger partial charge in [0.2, 0.25) is 0 Å². The van der Waals surface area contributed by atoms with E-state index in [1.165, 1.54) is 16.7 Å². The van der Waals surface area contributed by atoms with E-state index in [4.69, 9.17) is 4.74 Å². The van der Waals surface area contributed by atoms with Gasteiger partial charge in [-0.1, -0.05) is 97.1 Å². The molecule has 33 heavy (non-hydrogen) atoms. The monoisotopic (exact) mass is 438 g/mol. The van der Waals surface area contributed by atoms with Crippen molar-refractivity contribution in [2.75, 3.05) is 6.61 Å². The first-order chi connectivity index (χ1) is 16.2. The molecule has 5 rings (SSSR count). The predicted octanol–water partition coefficient (Wildman–Crippen LogP) is 4.64. The predicted molar refractivity (Wildman–Crippen MR) is 131 cm³/mol. The highest BCUT2D eigenvalue weighted by Crippen LogP contribution is 2.32. The number of benzene rings is 3. The molecule has 3 aromatic rings. The van der Waals surface area contributed by atoms with Gasteiger partial charge in [-0.25, -0.2) is 0 Å². The van der Waals surface area contributed by atoms with Gasteiger partial charge in [0.1, 0.15) is 18.6 Å². The third-order valence-corrected chi connectivity index (χ3v) is 6.30. The number of ether oxygens (including phenoxy) is 1. The maximum atomic E-state index is 10.2. The minimum Gasteiger partial charge on any atom is -0.492 e. The molecule has 1 saturated heterocycles. The van der Waals surface area contributed by atoms with Gasteiger partial charge in [-0.3, -0.25) is 5.32 Å². The van der Waals surface area contributed by atoms with Gasteiger partial charge in [0, 0.05) is 30.8 Å². The lowest BCUT2D eigenvalue weighted by Gasteiger charge is -2.39. The topological polar surface area (TPSA) is 44.7 Å². The van der Waals surface area contributed by atoms with Gasteiger partial charge in [-0.05, 0) is 23.1 Å². The Balaban J connectivity index is 1.48. The van der Waals surface area contributed by atoms with Crippen LogP contribution in [-0.2, 0) is 24.2 Å². The van der Waals surface area contributed by atoms with Crippen LogP contribution in [0.1, 0.15) is 16.7 Å². The fraction of sp³-hybridized carbons (Fsp3) is 0.241. The quantitative estimate of drug-likeness (QED) is 0.564. The maximum Gasteiger partial charge on any atom is 0.139 e. The highest BCUT2D eigenvalue weighted by Gasteiger charge is 2.35. The Labute approximate surface area is 195 Å². The van der Waals surface area contributed by atoms with E-state index in [1.807, 2.05) is 6.07 Å². The summed E-state index contributed by atoms with van der Waals surface area (Å²) in [5.74, 6) is 1.08. The molecule has 3 aromatic carbocycles. The molecule has 4 heteroatoms. The third-order valence-electron chi connectivity index (χ3n) is 6.30. The maximum absolute atomic E-state index is 10.2. The molecule has 0 spiro atoms. The van der Waals surface area contributed by atoms with E-state index in [1.54, 1.807) is 0 Å². The van der Waals surface area contributed by atoms with Crippen LogP contribution in [-0.4, -0.2) is 28.9 Å². The van der Waals surface area contributed by atoms with Crippen molar-refractivity contribution in [3.05, 3.63) is 131 Å². The summed E-state index contributed by atoms with van der Waals surface area (Å²) in [5, 5.41) is 13.5. The van der Waals surface area contributed by atoms with Crippen LogP contribution in [0.4, 0.5) is 0 Å². The van der Waals surface area contributed by atoms with Crippen molar-refractivity contribution in [3.8, 4) is 0 Å². The Hall–Kier alpha value is -3.34. The van der Waals surface area contributed by atoms with E-state index in [2.05, 4.69) is 107 Å². The van der Waals surface area contributed by atoms with Crippen molar-refractivity contribution in [1.29, 1.82) is 0 Å². The van der Waals surface area contributed by atoms with E-state index < -0.39 is 6.23 Å². The van der Waals surface area contributed by atoms with Gasteiger partial charge in [-0.15, -0.1) is 0 Å². The minimum atomic E-state index is -0.648. The number of aliphatic hydroxyl groups is 1. The molecule has 3 unspecified atom stereocenters.